The molecule has 0 fully saturated rings. The van der Waals surface area contributed by atoms with Gasteiger partial charge in [0.1, 0.15) is 5.15 Å². The molecule has 5 nitrogen and oxygen atoms in total. The number of carboxylic acid groups (broad SMARTS) is 1. The Morgan fingerprint density at radius 2 is 2.20 bits per heavy atom. The lowest BCUT2D eigenvalue weighted by molar-refractivity contribution is -0.112. The zero-order chi connectivity index (χ0) is 11.4. The molecule has 0 aliphatic rings. The van der Waals surface area contributed by atoms with Crippen molar-refractivity contribution in [2.75, 3.05) is 0 Å². The van der Waals surface area contributed by atoms with Crippen LogP contribution in [0.15, 0.2) is 12.3 Å². The molecule has 1 amide bonds. The van der Waals surface area contributed by atoms with Crippen LogP contribution in [-0.2, 0) is 4.79 Å². The number of primary amides is 1. The lowest BCUT2D eigenvalue weighted by Gasteiger charge is -1.98. The Balaban J connectivity index is 3.25. The number of aromatic carboxylic acids is 1. The molecular weight excluding hydrogens is 220 g/mol. The van der Waals surface area contributed by atoms with Gasteiger partial charge in [0.2, 0.25) is 0 Å². The highest BCUT2D eigenvalue weighted by atomic mass is 35.5. The van der Waals surface area contributed by atoms with Gasteiger partial charge >= 0.3 is 5.97 Å². The highest BCUT2D eigenvalue weighted by molar-refractivity contribution is 6.29. The molecule has 15 heavy (non-hydrogen) atoms. The second kappa shape index (κ2) is 4.44. The monoisotopic (exact) mass is 224 g/mol. The summed E-state index contributed by atoms with van der Waals surface area (Å²) in [6.45, 7) is 0. The predicted molar refractivity (Wildman–Crippen MR) is 52.3 cm³/mol. The normalized spacial score (nSPS) is 8.87. The number of hydrogen-bond donors (Lipinski definition) is 2. The number of halogens is 1. The van der Waals surface area contributed by atoms with Gasteiger partial charge in [0.25, 0.3) is 5.91 Å². The van der Waals surface area contributed by atoms with E-state index in [1.165, 1.54) is 6.20 Å². The molecule has 0 radical (unpaired) electrons. The molecule has 0 saturated carbocycles. The smallest absolute Gasteiger partial charge is 0.337 e. The molecule has 0 spiro atoms. The minimum absolute atomic E-state index is 0.0389. The van der Waals surface area contributed by atoms with E-state index in [9.17, 15) is 9.59 Å². The van der Waals surface area contributed by atoms with Gasteiger partial charge in [-0.2, -0.15) is 0 Å². The van der Waals surface area contributed by atoms with Crippen LogP contribution < -0.4 is 5.73 Å². The Labute approximate surface area is 89.9 Å². The van der Waals surface area contributed by atoms with Crippen LogP contribution in [0.2, 0.25) is 5.15 Å². The van der Waals surface area contributed by atoms with Gasteiger partial charge in [-0.1, -0.05) is 17.5 Å². The molecule has 1 heterocycles. The Morgan fingerprint density at radius 1 is 1.53 bits per heavy atom. The molecule has 1 rings (SSSR count). The van der Waals surface area contributed by atoms with E-state index in [1.807, 2.05) is 5.92 Å². The first-order chi connectivity index (χ1) is 7.00. The van der Waals surface area contributed by atoms with Crippen molar-refractivity contribution in [1.82, 2.24) is 4.98 Å². The van der Waals surface area contributed by atoms with E-state index in [4.69, 9.17) is 22.4 Å². The van der Waals surface area contributed by atoms with Gasteiger partial charge in [-0.3, -0.25) is 4.79 Å². The van der Waals surface area contributed by atoms with Crippen molar-refractivity contribution in [3.63, 3.8) is 0 Å². The third-order valence-electron chi connectivity index (χ3n) is 1.42. The van der Waals surface area contributed by atoms with Crippen molar-refractivity contribution in [2.45, 2.75) is 0 Å². The summed E-state index contributed by atoms with van der Waals surface area (Å²) in [4.78, 5) is 24.8. The number of carboxylic acids is 1. The molecule has 0 aromatic carbocycles. The Morgan fingerprint density at radius 3 is 2.73 bits per heavy atom. The van der Waals surface area contributed by atoms with Crippen molar-refractivity contribution in [2.24, 2.45) is 5.73 Å². The zero-order valence-corrected chi connectivity index (χ0v) is 8.08. The van der Waals surface area contributed by atoms with Crippen molar-refractivity contribution < 1.29 is 14.7 Å². The van der Waals surface area contributed by atoms with Crippen LogP contribution >= 0.6 is 11.6 Å². The lowest BCUT2D eigenvalue weighted by Crippen LogP contribution is -2.07. The van der Waals surface area contributed by atoms with Crippen molar-refractivity contribution in [3.8, 4) is 11.8 Å². The first-order valence-electron chi connectivity index (χ1n) is 3.71. The number of nitrogens with zero attached hydrogens (tertiary/aromatic N) is 1. The van der Waals surface area contributed by atoms with Crippen molar-refractivity contribution in [1.29, 1.82) is 0 Å². The summed E-state index contributed by atoms with van der Waals surface area (Å²) in [5.74, 6) is 2.27. The first kappa shape index (κ1) is 11.0. The highest BCUT2D eigenvalue weighted by Gasteiger charge is 2.09. The van der Waals surface area contributed by atoms with E-state index in [0.29, 0.717) is 0 Å². The van der Waals surface area contributed by atoms with Crippen LogP contribution in [0.3, 0.4) is 0 Å². The summed E-state index contributed by atoms with van der Waals surface area (Å²) in [6.07, 6.45) is 1.17. The number of hydrogen-bond acceptors (Lipinski definition) is 3. The highest BCUT2D eigenvalue weighted by Crippen LogP contribution is 2.12. The summed E-state index contributed by atoms with van der Waals surface area (Å²) in [6, 6.07) is 1.15. The predicted octanol–water partition coefficient (Wildman–Crippen LogP) is 0.270. The number of carbonyl (C=O) groups is 2. The number of carbonyl (C=O) groups excluding carboxylic acids is 1. The minimum atomic E-state index is -1.20. The van der Waals surface area contributed by atoms with Crippen LogP contribution in [0.4, 0.5) is 0 Å². The molecule has 0 aliphatic heterocycles. The SMILES string of the molecule is NC(=O)C#Cc1cnc(Cl)cc1C(=O)O. The largest absolute Gasteiger partial charge is 0.478 e. The molecule has 0 aliphatic carbocycles. The summed E-state index contributed by atoms with van der Waals surface area (Å²) < 4.78 is 0. The van der Waals surface area contributed by atoms with Crippen LogP contribution in [0, 0.1) is 11.8 Å². The lowest BCUT2D eigenvalue weighted by atomic mass is 10.1. The van der Waals surface area contributed by atoms with E-state index >= 15 is 0 Å². The number of pyridine rings is 1. The van der Waals surface area contributed by atoms with Gasteiger partial charge in [-0.25, -0.2) is 9.78 Å². The van der Waals surface area contributed by atoms with Crippen LogP contribution in [0.25, 0.3) is 0 Å². The molecule has 0 bridgehead atoms. The van der Waals surface area contributed by atoms with Crippen molar-refractivity contribution in [3.05, 3.63) is 28.5 Å². The van der Waals surface area contributed by atoms with E-state index in [2.05, 4.69) is 10.9 Å². The average Bonchev–Trinajstić information content (AvgIpc) is 2.15. The molecule has 0 atom stereocenters. The summed E-state index contributed by atoms with van der Waals surface area (Å²) in [5, 5.41) is 8.82. The molecule has 1 aromatic heterocycles. The fourth-order valence-electron chi connectivity index (χ4n) is 0.835. The third-order valence-corrected chi connectivity index (χ3v) is 1.63. The zero-order valence-electron chi connectivity index (χ0n) is 7.32. The first-order valence-corrected chi connectivity index (χ1v) is 4.09. The van der Waals surface area contributed by atoms with Gasteiger partial charge in [-0.15, -0.1) is 0 Å². The van der Waals surface area contributed by atoms with Gasteiger partial charge < -0.3 is 10.8 Å². The third kappa shape index (κ3) is 2.97. The van der Waals surface area contributed by atoms with Crippen LogP contribution in [0.1, 0.15) is 15.9 Å². The number of rotatable bonds is 1. The molecule has 76 valence electrons. The Bertz CT molecular complexity index is 488. The molecule has 1 aromatic rings. The topological polar surface area (TPSA) is 93.3 Å². The Kier molecular flexibility index (Phi) is 3.26. The van der Waals surface area contributed by atoms with Crippen LogP contribution in [-0.4, -0.2) is 22.0 Å². The maximum atomic E-state index is 10.7. The van der Waals surface area contributed by atoms with E-state index in [-0.39, 0.29) is 16.3 Å². The average molecular weight is 225 g/mol. The Hall–Kier alpha value is -2.06. The fourth-order valence-corrected chi connectivity index (χ4v) is 0.993. The van der Waals surface area contributed by atoms with Gasteiger partial charge in [0.05, 0.1) is 11.1 Å². The molecular formula is C9H5ClN2O3. The van der Waals surface area contributed by atoms with Gasteiger partial charge in [-0.05, 0) is 6.07 Å². The summed E-state index contributed by atoms with van der Waals surface area (Å²) in [5.41, 5.74) is 4.76. The second-order valence-corrected chi connectivity index (χ2v) is 2.86. The van der Waals surface area contributed by atoms with E-state index in [1.54, 1.807) is 0 Å². The maximum absolute atomic E-state index is 10.7. The maximum Gasteiger partial charge on any atom is 0.337 e. The fraction of sp³-hybridized carbons (Fsp3) is 0. The molecule has 6 heteroatoms. The molecule has 0 saturated heterocycles. The van der Waals surface area contributed by atoms with Gasteiger partial charge in [0, 0.05) is 12.1 Å². The number of aromatic nitrogens is 1. The summed E-state index contributed by atoms with van der Waals surface area (Å²) >= 11 is 5.51. The molecule has 0 unspecified atom stereocenters. The minimum Gasteiger partial charge on any atom is -0.478 e. The standard InChI is InChI=1S/C9H5ClN2O3/c10-7-3-6(9(14)15)5(4-12-7)1-2-8(11)13/h3-4H,(H2,11,13)(H,14,15). The molecule has 3 N–H and O–H groups in total. The van der Waals surface area contributed by atoms with Crippen LogP contribution in [0.5, 0.6) is 0 Å². The van der Waals surface area contributed by atoms with Crippen molar-refractivity contribution >= 4 is 23.5 Å². The summed E-state index contributed by atoms with van der Waals surface area (Å²) in [7, 11) is 0. The number of nitrogens with two attached hydrogens (primary N) is 1. The van der Waals surface area contributed by atoms with E-state index < -0.39 is 11.9 Å². The quantitative estimate of drug-likeness (QED) is 0.529. The van der Waals surface area contributed by atoms with E-state index in [0.717, 1.165) is 6.07 Å². The van der Waals surface area contributed by atoms with Gasteiger partial charge in [0.15, 0.2) is 0 Å². The number of amides is 1. The second-order valence-electron chi connectivity index (χ2n) is 2.47.